The fourth-order valence-corrected chi connectivity index (χ4v) is 4.23. The molecule has 0 amide bonds. The highest BCUT2D eigenvalue weighted by Crippen LogP contribution is 2.29. The van der Waals surface area contributed by atoms with Crippen molar-refractivity contribution < 1.29 is 17.9 Å². The second kappa shape index (κ2) is 7.66. The molecular weight excluding hydrogens is 377 g/mol. The number of aliphatic hydroxyl groups is 1. The van der Waals surface area contributed by atoms with Crippen LogP contribution in [0, 0.1) is 5.82 Å². The molecule has 6 heteroatoms. The van der Waals surface area contributed by atoms with Gasteiger partial charge in [0.25, 0.3) is 0 Å². The van der Waals surface area contributed by atoms with E-state index < -0.39 is 15.4 Å². The maximum absolute atomic E-state index is 13.0. The van der Waals surface area contributed by atoms with Crippen LogP contribution in [-0.4, -0.2) is 18.5 Å². The van der Waals surface area contributed by atoms with Crippen molar-refractivity contribution in [1.29, 1.82) is 0 Å². The summed E-state index contributed by atoms with van der Waals surface area (Å²) in [7, 11) is -3.88. The van der Waals surface area contributed by atoms with Gasteiger partial charge in [0, 0.05) is 11.8 Å². The van der Waals surface area contributed by atoms with Gasteiger partial charge >= 0.3 is 0 Å². The Hall–Kier alpha value is -2.83. The number of pyridine rings is 1. The van der Waals surface area contributed by atoms with E-state index in [1.54, 1.807) is 36.4 Å². The van der Waals surface area contributed by atoms with Crippen LogP contribution in [0.4, 0.5) is 4.39 Å². The number of nitrogens with zero attached hydrogens (tertiary/aromatic N) is 1. The van der Waals surface area contributed by atoms with Crippen molar-refractivity contribution in [2.75, 3.05) is 0 Å². The molecule has 1 heterocycles. The zero-order valence-electron chi connectivity index (χ0n) is 15.5. The first-order valence-electron chi connectivity index (χ1n) is 8.64. The molecule has 0 bridgehead atoms. The van der Waals surface area contributed by atoms with Crippen molar-refractivity contribution in [3.8, 4) is 0 Å². The lowest BCUT2D eigenvalue weighted by atomic mass is 10.0. The van der Waals surface area contributed by atoms with E-state index in [1.165, 1.54) is 44.3 Å². The van der Waals surface area contributed by atoms with Crippen LogP contribution in [-0.2, 0) is 15.4 Å². The summed E-state index contributed by atoms with van der Waals surface area (Å²) in [6.45, 7) is 3.04. The van der Waals surface area contributed by atoms with Gasteiger partial charge in [-0.1, -0.05) is 42.5 Å². The molecule has 0 unspecified atom stereocenters. The quantitative estimate of drug-likeness (QED) is 0.646. The molecule has 0 fully saturated rings. The Kier molecular flexibility index (Phi) is 5.45. The van der Waals surface area contributed by atoms with Crippen molar-refractivity contribution in [3.05, 3.63) is 89.4 Å². The van der Waals surface area contributed by atoms with Crippen molar-refractivity contribution >= 4 is 22.0 Å². The van der Waals surface area contributed by atoms with Gasteiger partial charge in [0.1, 0.15) is 5.82 Å². The standard InChI is InChI=1S/C22H20FNO3S/c1-22(2,25)20-4-3-15-24-21(20)28(26,27)19-13-9-17(10-14-19)6-5-16-7-11-18(23)12-8-16/h3-15,25H,1-2H3/b6-5+. The summed E-state index contributed by atoms with van der Waals surface area (Å²) in [5.74, 6) is -0.299. The molecule has 1 aromatic heterocycles. The van der Waals surface area contributed by atoms with E-state index in [0.29, 0.717) is 0 Å². The van der Waals surface area contributed by atoms with Gasteiger partial charge < -0.3 is 5.11 Å². The fraction of sp³-hybridized carbons (Fsp3) is 0.136. The number of rotatable bonds is 5. The van der Waals surface area contributed by atoms with Gasteiger partial charge in [-0.05, 0) is 55.3 Å². The third kappa shape index (κ3) is 4.35. The highest BCUT2D eigenvalue weighted by molar-refractivity contribution is 7.91. The molecule has 3 rings (SSSR count). The molecule has 0 aliphatic rings. The van der Waals surface area contributed by atoms with E-state index in [2.05, 4.69) is 4.98 Å². The average molecular weight is 397 g/mol. The molecule has 2 aromatic carbocycles. The summed E-state index contributed by atoms with van der Waals surface area (Å²) in [4.78, 5) is 4.10. The first-order valence-corrected chi connectivity index (χ1v) is 10.1. The zero-order chi connectivity index (χ0) is 20.4. The van der Waals surface area contributed by atoms with E-state index >= 15 is 0 Å². The Morgan fingerprint density at radius 3 is 2.00 bits per heavy atom. The summed E-state index contributed by atoms with van der Waals surface area (Å²) >= 11 is 0. The van der Waals surface area contributed by atoms with Crippen LogP contribution in [0.2, 0.25) is 0 Å². The molecule has 4 nitrogen and oxygen atoms in total. The Morgan fingerprint density at radius 1 is 0.929 bits per heavy atom. The molecule has 0 aliphatic heterocycles. The van der Waals surface area contributed by atoms with Gasteiger partial charge in [0.05, 0.1) is 10.5 Å². The van der Waals surface area contributed by atoms with Crippen molar-refractivity contribution in [1.82, 2.24) is 4.98 Å². The van der Waals surface area contributed by atoms with Gasteiger partial charge in [0.15, 0.2) is 5.03 Å². The average Bonchev–Trinajstić information content (AvgIpc) is 2.67. The van der Waals surface area contributed by atoms with Crippen LogP contribution in [0.3, 0.4) is 0 Å². The van der Waals surface area contributed by atoms with Gasteiger partial charge in [-0.25, -0.2) is 17.8 Å². The predicted octanol–water partition coefficient (Wildman–Crippen LogP) is 4.45. The number of sulfone groups is 1. The van der Waals surface area contributed by atoms with E-state index in [9.17, 15) is 17.9 Å². The van der Waals surface area contributed by atoms with E-state index in [0.717, 1.165) is 11.1 Å². The van der Waals surface area contributed by atoms with Crippen LogP contribution in [0.5, 0.6) is 0 Å². The van der Waals surface area contributed by atoms with Gasteiger partial charge in [-0.3, -0.25) is 0 Å². The van der Waals surface area contributed by atoms with Gasteiger partial charge in [-0.15, -0.1) is 0 Å². The van der Waals surface area contributed by atoms with E-state index in [4.69, 9.17) is 0 Å². The van der Waals surface area contributed by atoms with E-state index in [-0.39, 0.29) is 21.3 Å². The smallest absolute Gasteiger partial charge is 0.224 e. The number of hydrogen-bond acceptors (Lipinski definition) is 4. The molecule has 1 N–H and O–H groups in total. The Balaban J connectivity index is 1.90. The molecule has 3 aromatic rings. The molecule has 0 saturated heterocycles. The van der Waals surface area contributed by atoms with Crippen molar-refractivity contribution in [2.24, 2.45) is 0 Å². The van der Waals surface area contributed by atoms with Crippen LogP contribution >= 0.6 is 0 Å². The molecule has 0 radical (unpaired) electrons. The predicted molar refractivity (Wildman–Crippen MR) is 107 cm³/mol. The molecule has 0 aliphatic carbocycles. The minimum atomic E-state index is -3.88. The summed E-state index contributed by atoms with van der Waals surface area (Å²) in [6.07, 6.45) is 5.02. The number of benzene rings is 2. The van der Waals surface area contributed by atoms with Crippen molar-refractivity contribution in [3.63, 3.8) is 0 Å². The minimum Gasteiger partial charge on any atom is -0.386 e. The third-order valence-corrected chi connectivity index (χ3v) is 5.94. The minimum absolute atomic E-state index is 0.0932. The molecule has 144 valence electrons. The molecule has 0 saturated carbocycles. The van der Waals surface area contributed by atoms with Crippen LogP contribution in [0.15, 0.2) is 76.8 Å². The number of hydrogen-bond donors (Lipinski definition) is 1. The second-order valence-corrected chi connectivity index (χ2v) is 8.74. The van der Waals surface area contributed by atoms with Gasteiger partial charge in [-0.2, -0.15) is 0 Å². The zero-order valence-corrected chi connectivity index (χ0v) is 16.3. The summed E-state index contributed by atoms with van der Waals surface area (Å²) in [5.41, 5.74) is 0.540. The first kappa shape index (κ1) is 19.9. The molecule has 0 spiro atoms. The first-order chi connectivity index (χ1) is 13.2. The lowest BCUT2D eigenvalue weighted by Crippen LogP contribution is -2.21. The van der Waals surface area contributed by atoms with E-state index in [1.807, 2.05) is 12.2 Å². The number of halogens is 1. The fourth-order valence-electron chi connectivity index (χ4n) is 2.71. The third-order valence-electron chi connectivity index (χ3n) is 4.21. The Morgan fingerprint density at radius 2 is 1.46 bits per heavy atom. The Labute approximate surface area is 163 Å². The Bertz CT molecular complexity index is 1100. The second-order valence-electron chi connectivity index (χ2n) is 6.87. The maximum atomic E-state index is 13.0. The summed E-state index contributed by atoms with van der Waals surface area (Å²) < 4.78 is 38.9. The lowest BCUT2D eigenvalue weighted by Gasteiger charge is -2.20. The lowest BCUT2D eigenvalue weighted by molar-refractivity contribution is 0.0747. The van der Waals surface area contributed by atoms with Crippen molar-refractivity contribution in [2.45, 2.75) is 29.4 Å². The van der Waals surface area contributed by atoms with Crippen LogP contribution in [0.1, 0.15) is 30.5 Å². The SMILES string of the molecule is CC(C)(O)c1cccnc1S(=O)(=O)c1ccc(/C=C/c2ccc(F)cc2)cc1. The normalized spacial score (nSPS) is 12.4. The summed E-state index contributed by atoms with van der Waals surface area (Å²) in [6, 6.07) is 15.6. The highest BCUT2D eigenvalue weighted by Gasteiger charge is 2.29. The molecule has 28 heavy (non-hydrogen) atoms. The van der Waals surface area contributed by atoms with Crippen LogP contribution in [0.25, 0.3) is 12.2 Å². The highest BCUT2D eigenvalue weighted by atomic mass is 32.2. The molecular formula is C22H20FNO3S. The topological polar surface area (TPSA) is 67.3 Å². The summed E-state index contributed by atoms with van der Waals surface area (Å²) in [5, 5.41) is 10.1. The monoisotopic (exact) mass is 397 g/mol. The maximum Gasteiger partial charge on any atom is 0.224 e. The van der Waals surface area contributed by atoms with Gasteiger partial charge in [0.2, 0.25) is 9.84 Å². The molecule has 0 atom stereocenters. The largest absolute Gasteiger partial charge is 0.386 e. The van der Waals surface area contributed by atoms with Crippen LogP contribution < -0.4 is 0 Å². The number of aromatic nitrogens is 1.